The molecule has 0 bridgehead atoms. The number of hydrogen-bond acceptors (Lipinski definition) is 7. The summed E-state index contributed by atoms with van der Waals surface area (Å²) in [4.78, 5) is 11.6. The predicted octanol–water partition coefficient (Wildman–Crippen LogP) is 0.857. The predicted molar refractivity (Wildman–Crippen MR) is 68.4 cm³/mol. The van der Waals surface area contributed by atoms with Gasteiger partial charge in [-0.15, -0.1) is 0 Å². The van der Waals surface area contributed by atoms with Crippen LogP contribution in [0.4, 0.5) is 10.8 Å². The maximum atomic E-state index is 11.6. The van der Waals surface area contributed by atoms with Crippen LogP contribution >= 0.6 is 11.5 Å². The van der Waals surface area contributed by atoms with E-state index < -0.39 is 5.97 Å². The van der Waals surface area contributed by atoms with E-state index in [1.807, 2.05) is 13.1 Å². The summed E-state index contributed by atoms with van der Waals surface area (Å²) < 4.78 is 10.4. The Hall–Kier alpha value is -2.09. The van der Waals surface area contributed by atoms with E-state index in [9.17, 15) is 4.79 Å². The second-order valence-electron chi connectivity index (χ2n) is 3.56. The number of ether oxygens (including phenoxy) is 1. The van der Waals surface area contributed by atoms with Gasteiger partial charge in [0.05, 0.1) is 19.3 Å². The summed E-state index contributed by atoms with van der Waals surface area (Å²) >= 11 is 1.13. The largest absolute Gasteiger partial charge is 0.465 e. The summed E-state index contributed by atoms with van der Waals surface area (Å²) in [7, 11) is 3.16. The molecule has 18 heavy (non-hydrogen) atoms. The lowest BCUT2D eigenvalue weighted by Crippen LogP contribution is -2.09. The average molecular weight is 267 g/mol. The number of nitrogens with one attached hydrogen (secondary N) is 1. The summed E-state index contributed by atoms with van der Waals surface area (Å²) in [5, 5.41) is 7.76. The van der Waals surface area contributed by atoms with Gasteiger partial charge in [0.2, 0.25) is 0 Å². The molecule has 0 aliphatic rings. The van der Waals surface area contributed by atoms with E-state index in [-0.39, 0.29) is 11.4 Å². The molecule has 0 amide bonds. The van der Waals surface area contributed by atoms with E-state index >= 15 is 0 Å². The fraction of sp³-hybridized carbons (Fsp3) is 0.300. The van der Waals surface area contributed by atoms with E-state index in [0.717, 1.165) is 17.2 Å². The van der Waals surface area contributed by atoms with Crippen molar-refractivity contribution in [2.75, 3.05) is 18.2 Å². The number of esters is 1. The highest BCUT2D eigenvalue weighted by molar-refractivity contribution is 7.11. The first-order chi connectivity index (χ1) is 8.63. The smallest absolute Gasteiger partial charge is 0.344 e. The van der Waals surface area contributed by atoms with Crippen molar-refractivity contribution in [1.82, 2.24) is 14.2 Å². The Kier molecular flexibility index (Phi) is 3.47. The van der Waals surface area contributed by atoms with Gasteiger partial charge in [-0.05, 0) is 17.6 Å². The Morgan fingerprint density at radius 2 is 2.44 bits per heavy atom. The summed E-state index contributed by atoms with van der Waals surface area (Å²) in [5.74, 6) is -0.312. The van der Waals surface area contributed by atoms with Crippen LogP contribution in [0.3, 0.4) is 0 Å². The third-order valence-electron chi connectivity index (χ3n) is 2.46. The molecule has 2 aromatic rings. The van der Waals surface area contributed by atoms with Crippen LogP contribution < -0.4 is 11.1 Å². The van der Waals surface area contributed by atoms with Crippen LogP contribution in [0.2, 0.25) is 0 Å². The Balaban J connectivity index is 2.15. The zero-order valence-corrected chi connectivity index (χ0v) is 10.8. The molecule has 0 saturated carbocycles. The van der Waals surface area contributed by atoms with Crippen molar-refractivity contribution in [2.24, 2.45) is 7.05 Å². The monoisotopic (exact) mass is 267 g/mol. The van der Waals surface area contributed by atoms with Crippen molar-refractivity contribution < 1.29 is 9.53 Å². The van der Waals surface area contributed by atoms with E-state index in [1.54, 1.807) is 10.9 Å². The zero-order chi connectivity index (χ0) is 13.1. The highest BCUT2D eigenvalue weighted by Gasteiger charge is 2.19. The molecule has 0 aliphatic carbocycles. The Labute approximate surface area is 108 Å². The van der Waals surface area contributed by atoms with E-state index in [1.165, 1.54) is 7.11 Å². The first kappa shape index (κ1) is 12.4. The molecule has 2 aromatic heterocycles. The van der Waals surface area contributed by atoms with Crippen LogP contribution in [-0.2, 0) is 18.3 Å². The second kappa shape index (κ2) is 5.05. The summed E-state index contributed by atoms with van der Waals surface area (Å²) in [6.07, 6.45) is 1.71. The van der Waals surface area contributed by atoms with Gasteiger partial charge in [0.25, 0.3) is 0 Å². The molecular weight excluding hydrogens is 254 g/mol. The van der Waals surface area contributed by atoms with Crippen molar-refractivity contribution in [3.63, 3.8) is 0 Å². The molecule has 0 spiro atoms. The lowest BCUT2D eigenvalue weighted by molar-refractivity contribution is 0.0603. The third kappa shape index (κ3) is 2.28. The van der Waals surface area contributed by atoms with Gasteiger partial charge in [0.1, 0.15) is 10.6 Å². The number of hydrogen-bond donors (Lipinski definition) is 2. The number of anilines is 2. The number of carbonyl (C=O) groups is 1. The van der Waals surface area contributed by atoms with Gasteiger partial charge < -0.3 is 15.8 Å². The fourth-order valence-electron chi connectivity index (χ4n) is 1.47. The quantitative estimate of drug-likeness (QED) is 0.798. The molecule has 7 nitrogen and oxygen atoms in total. The van der Waals surface area contributed by atoms with Gasteiger partial charge >= 0.3 is 5.97 Å². The molecule has 0 saturated heterocycles. The van der Waals surface area contributed by atoms with Crippen molar-refractivity contribution in [3.05, 3.63) is 23.5 Å². The van der Waals surface area contributed by atoms with Crippen molar-refractivity contribution in [1.29, 1.82) is 0 Å². The second-order valence-corrected chi connectivity index (χ2v) is 4.34. The van der Waals surface area contributed by atoms with E-state index in [0.29, 0.717) is 11.5 Å². The van der Waals surface area contributed by atoms with Gasteiger partial charge in [-0.3, -0.25) is 4.68 Å². The number of methoxy groups -OCH3 is 1. The minimum atomic E-state index is -0.492. The van der Waals surface area contributed by atoms with Gasteiger partial charge in [-0.25, -0.2) is 4.79 Å². The third-order valence-corrected chi connectivity index (χ3v) is 3.28. The highest BCUT2D eigenvalue weighted by atomic mass is 32.1. The molecule has 0 fully saturated rings. The van der Waals surface area contributed by atoms with Gasteiger partial charge in [0.15, 0.2) is 5.82 Å². The van der Waals surface area contributed by atoms with Crippen LogP contribution in [0.25, 0.3) is 0 Å². The molecule has 96 valence electrons. The highest BCUT2D eigenvalue weighted by Crippen LogP contribution is 2.27. The molecule has 0 unspecified atom stereocenters. The molecule has 0 aromatic carbocycles. The number of nitrogen functional groups attached to an aromatic ring is 1. The molecule has 3 N–H and O–H groups in total. The van der Waals surface area contributed by atoms with Crippen LogP contribution in [0.1, 0.15) is 16.1 Å². The lowest BCUT2D eigenvalue weighted by atomic mass is 10.3. The number of aryl methyl sites for hydroxylation is 1. The Morgan fingerprint density at radius 1 is 1.67 bits per heavy atom. The Morgan fingerprint density at radius 3 is 3.06 bits per heavy atom. The maximum Gasteiger partial charge on any atom is 0.344 e. The minimum Gasteiger partial charge on any atom is -0.465 e. The molecule has 0 aliphatic heterocycles. The van der Waals surface area contributed by atoms with Crippen LogP contribution in [0.15, 0.2) is 12.3 Å². The Bertz CT molecular complexity index is 562. The van der Waals surface area contributed by atoms with Crippen molar-refractivity contribution >= 4 is 28.3 Å². The number of rotatable bonds is 4. The van der Waals surface area contributed by atoms with E-state index in [4.69, 9.17) is 5.73 Å². The van der Waals surface area contributed by atoms with Crippen molar-refractivity contribution in [3.8, 4) is 0 Å². The minimum absolute atomic E-state index is 0.180. The molecule has 0 atom stereocenters. The fourth-order valence-corrected chi connectivity index (χ4v) is 2.16. The lowest BCUT2D eigenvalue weighted by Gasteiger charge is -2.06. The number of aromatic nitrogens is 3. The first-order valence-corrected chi connectivity index (χ1v) is 5.95. The maximum absolute atomic E-state index is 11.6. The van der Waals surface area contributed by atoms with Gasteiger partial charge in [-0.2, -0.15) is 9.47 Å². The SMILES string of the molecule is COC(=O)c1c(N)nsc1NCc1ccnn1C. The number of nitrogens with zero attached hydrogens (tertiary/aromatic N) is 3. The summed E-state index contributed by atoms with van der Waals surface area (Å²) in [5.41, 5.74) is 6.90. The average Bonchev–Trinajstić information content (AvgIpc) is 2.92. The molecule has 2 heterocycles. The number of carbonyl (C=O) groups excluding carboxylic acids is 1. The zero-order valence-electron chi connectivity index (χ0n) is 10.0. The van der Waals surface area contributed by atoms with E-state index in [2.05, 4.69) is 19.5 Å². The molecular formula is C10H13N5O2S. The molecule has 0 radical (unpaired) electrons. The topological polar surface area (TPSA) is 95.1 Å². The van der Waals surface area contributed by atoms with Crippen molar-refractivity contribution in [2.45, 2.75) is 6.54 Å². The van der Waals surface area contributed by atoms with Crippen LogP contribution in [-0.4, -0.2) is 27.2 Å². The standard InChI is InChI=1S/C10H13N5O2S/c1-15-6(3-4-13-15)5-12-9-7(10(16)17-2)8(11)14-18-9/h3-4,12H,5H2,1-2H3,(H2,11,14). The molecule has 2 rings (SSSR count). The summed E-state index contributed by atoms with van der Waals surface area (Å²) in [6, 6.07) is 1.88. The first-order valence-electron chi connectivity index (χ1n) is 5.17. The summed E-state index contributed by atoms with van der Waals surface area (Å²) in [6.45, 7) is 0.530. The molecule has 8 heteroatoms. The number of nitrogens with two attached hydrogens (primary N) is 1. The normalized spacial score (nSPS) is 10.3. The van der Waals surface area contributed by atoms with Crippen LogP contribution in [0, 0.1) is 0 Å². The van der Waals surface area contributed by atoms with Gasteiger partial charge in [-0.1, -0.05) is 0 Å². The van der Waals surface area contributed by atoms with Gasteiger partial charge in [0, 0.05) is 13.2 Å². The van der Waals surface area contributed by atoms with Crippen LogP contribution in [0.5, 0.6) is 0 Å².